The first-order valence-electron chi connectivity index (χ1n) is 11.8. The van der Waals surface area contributed by atoms with Gasteiger partial charge in [-0.25, -0.2) is 9.37 Å². The maximum absolute atomic E-state index is 15.3. The van der Waals surface area contributed by atoms with Crippen molar-refractivity contribution in [1.29, 1.82) is 0 Å². The van der Waals surface area contributed by atoms with Gasteiger partial charge in [-0.1, -0.05) is 24.8 Å². The molecule has 2 atom stereocenters. The number of pyridine rings is 2. The molecular formula is C28H27FN6O. The number of nitrogens with two attached hydrogens (primary N) is 2. The van der Waals surface area contributed by atoms with Crippen LogP contribution in [0.1, 0.15) is 35.2 Å². The molecule has 1 aliphatic rings. The number of benzene rings is 1. The molecule has 5 rings (SSSR count). The fourth-order valence-electron chi connectivity index (χ4n) is 4.76. The predicted octanol–water partition coefficient (Wildman–Crippen LogP) is 2.56. The highest BCUT2D eigenvalue weighted by Gasteiger charge is 2.25. The molecule has 6 N–H and O–H groups in total. The fraction of sp³-hybridized carbons (Fsp3) is 0.179. The van der Waals surface area contributed by atoms with Crippen LogP contribution in [0.25, 0.3) is 40.0 Å². The average Bonchev–Trinajstić information content (AvgIpc) is 3.47. The molecule has 1 saturated carbocycles. The molecule has 0 spiro atoms. The monoisotopic (exact) mass is 482 g/mol. The quantitative estimate of drug-likeness (QED) is 0.348. The predicted molar refractivity (Wildman–Crippen MR) is 140 cm³/mol. The van der Waals surface area contributed by atoms with Gasteiger partial charge in [-0.2, -0.15) is 0 Å². The van der Waals surface area contributed by atoms with Crippen molar-refractivity contribution in [1.82, 2.24) is 20.3 Å². The van der Waals surface area contributed by atoms with Crippen molar-refractivity contribution in [2.75, 3.05) is 0 Å². The Morgan fingerprint density at radius 3 is 2.64 bits per heavy atom. The zero-order valence-electron chi connectivity index (χ0n) is 19.7. The lowest BCUT2D eigenvalue weighted by atomic mass is 9.99. The fourth-order valence-corrected chi connectivity index (χ4v) is 4.76. The maximum atomic E-state index is 15.3. The van der Waals surface area contributed by atoms with E-state index in [1.54, 1.807) is 36.7 Å². The van der Waals surface area contributed by atoms with Crippen molar-refractivity contribution < 1.29 is 9.18 Å². The number of allylic oxidation sites excluding steroid dienone is 1. The highest BCUT2D eigenvalue weighted by Crippen LogP contribution is 2.28. The Labute approximate surface area is 207 Å². The van der Waals surface area contributed by atoms with Crippen LogP contribution >= 0.6 is 0 Å². The van der Waals surface area contributed by atoms with Gasteiger partial charge in [-0.05, 0) is 60.2 Å². The summed E-state index contributed by atoms with van der Waals surface area (Å²) in [5, 5.41) is 4.85. The molecule has 8 heteroatoms. The number of carbonyl (C=O) groups excluding carboxylic acids is 1. The van der Waals surface area contributed by atoms with Gasteiger partial charge in [-0.3, -0.25) is 9.78 Å². The summed E-state index contributed by atoms with van der Waals surface area (Å²) in [6.45, 7) is 4.15. The van der Waals surface area contributed by atoms with Gasteiger partial charge in [0.15, 0.2) is 0 Å². The number of aromatic nitrogens is 3. The van der Waals surface area contributed by atoms with E-state index in [0.29, 0.717) is 43.9 Å². The Balaban J connectivity index is 1.58. The van der Waals surface area contributed by atoms with Crippen molar-refractivity contribution in [3.05, 3.63) is 89.1 Å². The second kappa shape index (κ2) is 9.75. The molecule has 7 nitrogen and oxygen atoms in total. The third kappa shape index (κ3) is 4.38. The van der Waals surface area contributed by atoms with E-state index in [1.165, 1.54) is 12.4 Å². The summed E-state index contributed by atoms with van der Waals surface area (Å²) >= 11 is 0. The summed E-state index contributed by atoms with van der Waals surface area (Å²) in [5.74, 6) is -0.673. The molecule has 0 unspecified atom stereocenters. The van der Waals surface area contributed by atoms with Crippen LogP contribution in [0.3, 0.4) is 0 Å². The van der Waals surface area contributed by atoms with Gasteiger partial charge in [0, 0.05) is 52.4 Å². The number of aromatic amines is 1. The minimum atomic E-state index is -0.485. The smallest absolute Gasteiger partial charge is 0.251 e. The topological polar surface area (TPSA) is 123 Å². The lowest BCUT2D eigenvalue weighted by Gasteiger charge is -2.17. The summed E-state index contributed by atoms with van der Waals surface area (Å²) in [6, 6.07) is 10.5. The number of nitrogens with one attached hydrogen (secondary N) is 2. The van der Waals surface area contributed by atoms with E-state index < -0.39 is 5.82 Å². The Morgan fingerprint density at radius 1 is 1.17 bits per heavy atom. The van der Waals surface area contributed by atoms with Crippen LogP contribution in [0.5, 0.6) is 0 Å². The number of nitrogens with zero attached hydrogens (tertiary/aromatic N) is 2. The van der Waals surface area contributed by atoms with E-state index >= 15 is 4.39 Å². The molecule has 182 valence electrons. The highest BCUT2D eigenvalue weighted by atomic mass is 19.1. The Bertz CT molecular complexity index is 1560. The number of H-pyrrole nitrogens is 1. The van der Waals surface area contributed by atoms with Gasteiger partial charge >= 0.3 is 0 Å². The Kier molecular flexibility index (Phi) is 6.35. The molecule has 0 saturated heterocycles. The molecule has 3 heterocycles. The zero-order valence-corrected chi connectivity index (χ0v) is 19.7. The number of carbonyl (C=O) groups is 1. The van der Waals surface area contributed by atoms with Gasteiger partial charge in [0.05, 0.1) is 11.5 Å². The zero-order chi connectivity index (χ0) is 25.2. The Morgan fingerprint density at radius 2 is 1.97 bits per heavy atom. The number of rotatable bonds is 5. The van der Waals surface area contributed by atoms with Gasteiger partial charge in [-0.15, -0.1) is 0 Å². The number of halogens is 1. The third-order valence-corrected chi connectivity index (χ3v) is 6.68. The highest BCUT2D eigenvalue weighted by molar-refractivity contribution is 5.99. The first kappa shape index (κ1) is 23.4. The van der Waals surface area contributed by atoms with Crippen molar-refractivity contribution in [2.24, 2.45) is 11.5 Å². The summed E-state index contributed by atoms with van der Waals surface area (Å²) in [4.78, 5) is 24.3. The summed E-state index contributed by atoms with van der Waals surface area (Å²) in [6.07, 6.45) is 10.6. The van der Waals surface area contributed by atoms with E-state index in [-0.39, 0.29) is 18.0 Å². The summed E-state index contributed by atoms with van der Waals surface area (Å²) in [5.41, 5.74) is 15.5. The first-order chi connectivity index (χ1) is 17.5. The standard InChI is InChI=1S/C28H27FN6O/c1-16(19-4-3-11-32-14-19)12-20-24(13-30)34-27-26(20)25(21(29)15-33-27)17-7-9-18(10-8-17)28(36)35-23-6-2-5-22(23)31/h3-4,7-15,22-23H,1-2,5-6,30-31H2,(H,33,34)(H,35,36)/b20-12+,24-13+/t22-,23-/m1/s1. The number of fused-ring (bicyclic) bond motifs is 1. The molecule has 0 radical (unpaired) electrons. The third-order valence-electron chi connectivity index (χ3n) is 6.68. The molecule has 1 fully saturated rings. The first-order valence-corrected chi connectivity index (χ1v) is 11.8. The van der Waals surface area contributed by atoms with Crippen molar-refractivity contribution in [3.63, 3.8) is 0 Å². The van der Waals surface area contributed by atoms with Gasteiger partial charge in [0.2, 0.25) is 0 Å². The summed E-state index contributed by atoms with van der Waals surface area (Å²) in [7, 11) is 0. The van der Waals surface area contributed by atoms with Crippen molar-refractivity contribution >= 4 is 34.8 Å². The molecule has 0 bridgehead atoms. The summed E-state index contributed by atoms with van der Waals surface area (Å²) < 4.78 is 15.3. The van der Waals surface area contributed by atoms with E-state index in [2.05, 4.69) is 26.8 Å². The van der Waals surface area contributed by atoms with Crippen LogP contribution in [0.2, 0.25) is 0 Å². The van der Waals surface area contributed by atoms with Gasteiger partial charge < -0.3 is 21.8 Å². The van der Waals surface area contributed by atoms with Gasteiger partial charge in [0.25, 0.3) is 5.91 Å². The second-order valence-corrected chi connectivity index (χ2v) is 8.99. The van der Waals surface area contributed by atoms with E-state index in [0.717, 1.165) is 24.8 Å². The lowest BCUT2D eigenvalue weighted by molar-refractivity contribution is 0.0934. The van der Waals surface area contributed by atoms with Crippen LogP contribution in [0.15, 0.2) is 61.6 Å². The SMILES string of the molecule is C=C(/C=c1\c(=C/N)[nH]c2ncc(F)c(-c3ccc(C(=O)N[C@@H]4CCC[C@H]4N)cc3)c12)c1cccnc1. The number of hydrogen-bond acceptors (Lipinski definition) is 5. The van der Waals surface area contributed by atoms with Gasteiger partial charge in [0.1, 0.15) is 11.5 Å². The van der Waals surface area contributed by atoms with Crippen LogP contribution in [0.4, 0.5) is 4.39 Å². The van der Waals surface area contributed by atoms with Crippen LogP contribution in [-0.4, -0.2) is 32.9 Å². The van der Waals surface area contributed by atoms with Crippen molar-refractivity contribution in [3.8, 4) is 11.1 Å². The molecule has 1 aliphatic carbocycles. The number of hydrogen-bond donors (Lipinski definition) is 4. The average molecular weight is 483 g/mol. The minimum absolute atomic E-state index is 0.0220. The second-order valence-electron chi connectivity index (χ2n) is 8.99. The number of amides is 1. The van der Waals surface area contributed by atoms with Crippen LogP contribution in [0, 0.1) is 5.82 Å². The van der Waals surface area contributed by atoms with Crippen molar-refractivity contribution in [2.45, 2.75) is 31.3 Å². The maximum Gasteiger partial charge on any atom is 0.251 e. The van der Waals surface area contributed by atoms with E-state index in [1.807, 2.05) is 18.2 Å². The van der Waals surface area contributed by atoms with Crippen LogP contribution < -0.4 is 27.4 Å². The molecular weight excluding hydrogens is 455 g/mol. The molecule has 1 aromatic carbocycles. The molecule has 4 aromatic rings. The van der Waals surface area contributed by atoms with E-state index in [9.17, 15) is 4.79 Å². The minimum Gasteiger partial charge on any atom is -0.403 e. The largest absolute Gasteiger partial charge is 0.403 e. The molecule has 3 aromatic heterocycles. The lowest BCUT2D eigenvalue weighted by Crippen LogP contribution is -2.43. The Hall–Kier alpha value is -4.30. The molecule has 1 amide bonds. The normalized spacial score (nSPS) is 18.6. The molecule has 0 aliphatic heterocycles. The molecule has 36 heavy (non-hydrogen) atoms. The van der Waals surface area contributed by atoms with Crippen LogP contribution in [-0.2, 0) is 0 Å². The van der Waals surface area contributed by atoms with E-state index in [4.69, 9.17) is 11.5 Å².